The number of anilines is 2. The number of hydrogen-bond acceptors (Lipinski definition) is 10. The normalized spacial score (nSPS) is 22.2. The van der Waals surface area contributed by atoms with Crippen LogP contribution in [0.2, 0.25) is 20.1 Å². The number of nitrogens with one attached hydrogen (secondary N) is 4. The van der Waals surface area contributed by atoms with Gasteiger partial charge in [0.1, 0.15) is 70.0 Å². The fourth-order valence-corrected chi connectivity index (χ4v) is 10.4. The zero-order valence-electron chi connectivity index (χ0n) is 34.1. The van der Waals surface area contributed by atoms with Gasteiger partial charge < -0.3 is 39.5 Å². The van der Waals surface area contributed by atoms with E-state index in [1.807, 2.05) is 48.5 Å². The Hall–Kier alpha value is -6.58. The minimum atomic E-state index is -0.0252. The number of hydrogen-bond donors (Lipinski definition) is 4. The van der Waals surface area contributed by atoms with Crippen LogP contribution in [0.5, 0.6) is 34.5 Å². The first-order chi connectivity index (χ1) is 32.1. The molecular weight excluding hydrogens is 926 g/mol. The predicted octanol–water partition coefficient (Wildman–Crippen LogP) is 11.2. The molecule has 0 bridgehead atoms. The van der Waals surface area contributed by atoms with Crippen LogP contribution in [0.3, 0.4) is 0 Å². The zero-order chi connectivity index (χ0) is 44.5. The molecule has 4 aromatic carbocycles. The van der Waals surface area contributed by atoms with Crippen molar-refractivity contribution < 1.29 is 28.5 Å². The highest BCUT2D eigenvalue weighted by Crippen LogP contribution is 2.64. The molecule has 14 rings (SSSR count). The molecule has 0 unspecified atom stereocenters. The van der Waals surface area contributed by atoms with E-state index in [4.69, 9.17) is 75.3 Å². The molecule has 2 saturated carbocycles. The Kier molecular flexibility index (Phi) is 9.02. The summed E-state index contributed by atoms with van der Waals surface area (Å²) in [5.74, 6) is 8.12. The summed E-state index contributed by atoms with van der Waals surface area (Å²) in [4.78, 5) is 48.1. The largest absolute Gasteiger partial charge is 0.489 e. The predicted molar refractivity (Wildman–Crippen MR) is 247 cm³/mol. The van der Waals surface area contributed by atoms with Crippen molar-refractivity contribution in [3.63, 3.8) is 0 Å². The third-order valence-electron chi connectivity index (χ3n) is 13.0. The lowest BCUT2D eigenvalue weighted by Gasteiger charge is -2.19. The SMILES string of the molecule is O=C1CCc2c(Oc3ccc4c(c3)[C@@H]3[C@H](O4)[C@H]3c3nc4cc(Cl)c(Cl)cc4[nH]3)ccnc2N1.O=C1CCc2c(Oc3ccc4c(c3)[C@H]3[C@@H](O4)[C@@H]3c3nc4cc(Cl)c(Cl)cc4[nH]3)ccnc2N1. The number of carbonyl (C=O) groups is 2. The summed E-state index contributed by atoms with van der Waals surface area (Å²) < 4.78 is 24.8. The second-order valence-electron chi connectivity index (χ2n) is 17.1. The number of fused-ring (bicyclic) bond motifs is 10. The smallest absolute Gasteiger partial charge is 0.225 e. The molecule has 2 fully saturated rings. The van der Waals surface area contributed by atoms with Crippen LogP contribution in [0.15, 0.2) is 85.2 Å². The maximum Gasteiger partial charge on any atom is 0.225 e. The van der Waals surface area contributed by atoms with Gasteiger partial charge in [0, 0.05) is 59.3 Å². The molecule has 0 saturated heterocycles. The molecule has 6 aliphatic rings. The number of pyridine rings is 2. The van der Waals surface area contributed by atoms with E-state index < -0.39 is 0 Å². The van der Waals surface area contributed by atoms with Crippen molar-refractivity contribution in [1.29, 1.82) is 0 Å². The van der Waals surface area contributed by atoms with Gasteiger partial charge in [-0.3, -0.25) is 9.59 Å². The van der Waals surface area contributed by atoms with E-state index in [-0.39, 0.29) is 47.7 Å². The Morgan fingerprint density at radius 2 is 0.970 bits per heavy atom. The number of aromatic nitrogens is 6. The molecule has 4 aromatic heterocycles. The van der Waals surface area contributed by atoms with Gasteiger partial charge in [0.2, 0.25) is 11.8 Å². The van der Waals surface area contributed by atoms with Crippen LogP contribution in [0.25, 0.3) is 22.1 Å². The van der Waals surface area contributed by atoms with Crippen LogP contribution in [0, 0.1) is 0 Å². The monoisotopic (exact) mass is 956 g/mol. The molecule has 4 N–H and O–H groups in total. The molecular formula is C48H32Cl4N8O6. The van der Waals surface area contributed by atoms with Gasteiger partial charge in [0.15, 0.2) is 0 Å². The number of aromatic amines is 2. The molecule has 0 radical (unpaired) electrons. The van der Waals surface area contributed by atoms with Gasteiger partial charge in [-0.2, -0.15) is 0 Å². The van der Waals surface area contributed by atoms with E-state index in [0.29, 0.717) is 68.9 Å². The van der Waals surface area contributed by atoms with Crippen LogP contribution < -0.4 is 29.6 Å². The number of H-pyrrole nitrogens is 2. The van der Waals surface area contributed by atoms with Crippen molar-refractivity contribution in [1.82, 2.24) is 29.9 Å². The molecule has 4 aliphatic heterocycles. The quantitative estimate of drug-likeness (QED) is 0.125. The second kappa shape index (κ2) is 15.0. The average Bonchev–Trinajstić information content (AvgIpc) is 3.85. The highest BCUT2D eigenvalue weighted by molar-refractivity contribution is 6.43. The van der Waals surface area contributed by atoms with Gasteiger partial charge in [0.25, 0.3) is 0 Å². The minimum absolute atomic E-state index is 0.0252. The summed E-state index contributed by atoms with van der Waals surface area (Å²) >= 11 is 24.6. The fraction of sp³-hybridized carbons (Fsp3) is 0.208. The van der Waals surface area contributed by atoms with Crippen molar-refractivity contribution in [2.24, 2.45) is 0 Å². The third-order valence-corrected chi connectivity index (χ3v) is 14.5. The fourth-order valence-electron chi connectivity index (χ4n) is 9.79. The number of ether oxygens (including phenoxy) is 4. The van der Waals surface area contributed by atoms with E-state index in [0.717, 1.165) is 79.0 Å². The Bertz CT molecular complexity index is 3110. The van der Waals surface area contributed by atoms with Gasteiger partial charge >= 0.3 is 0 Å². The first-order valence-corrected chi connectivity index (χ1v) is 22.8. The van der Waals surface area contributed by atoms with Crippen LogP contribution >= 0.6 is 46.4 Å². The lowest BCUT2D eigenvalue weighted by molar-refractivity contribution is -0.117. The molecule has 2 aliphatic carbocycles. The Morgan fingerprint density at radius 1 is 0.530 bits per heavy atom. The molecule has 18 heteroatoms. The van der Waals surface area contributed by atoms with Gasteiger partial charge in [-0.05, 0) is 85.6 Å². The molecule has 6 atom stereocenters. The third kappa shape index (κ3) is 6.68. The Balaban J connectivity index is 0.000000132. The number of carbonyl (C=O) groups excluding carboxylic acids is 2. The van der Waals surface area contributed by atoms with Crippen molar-refractivity contribution in [2.75, 3.05) is 10.6 Å². The summed E-state index contributed by atoms with van der Waals surface area (Å²) in [6, 6.07) is 22.6. The zero-order valence-corrected chi connectivity index (χ0v) is 37.1. The topological polar surface area (TPSA) is 178 Å². The summed E-state index contributed by atoms with van der Waals surface area (Å²) in [7, 11) is 0. The van der Waals surface area contributed by atoms with Crippen molar-refractivity contribution >= 4 is 91.9 Å². The summed E-state index contributed by atoms with van der Waals surface area (Å²) in [6.07, 6.45) is 5.43. The molecule has 328 valence electrons. The van der Waals surface area contributed by atoms with Gasteiger partial charge in [-0.15, -0.1) is 0 Å². The van der Waals surface area contributed by atoms with Gasteiger partial charge in [-0.1, -0.05) is 46.4 Å². The van der Waals surface area contributed by atoms with Gasteiger partial charge in [-0.25, -0.2) is 19.9 Å². The lowest BCUT2D eigenvalue weighted by Crippen LogP contribution is -2.20. The van der Waals surface area contributed by atoms with Crippen LogP contribution in [0.4, 0.5) is 11.6 Å². The van der Waals surface area contributed by atoms with Crippen molar-refractivity contribution in [3.05, 3.63) is 139 Å². The van der Waals surface area contributed by atoms with Crippen LogP contribution in [0.1, 0.15) is 70.4 Å². The second-order valence-corrected chi connectivity index (χ2v) is 18.7. The van der Waals surface area contributed by atoms with E-state index in [1.54, 1.807) is 36.7 Å². The highest BCUT2D eigenvalue weighted by atomic mass is 35.5. The number of nitrogens with zero attached hydrogens (tertiary/aromatic N) is 4. The maximum atomic E-state index is 11.7. The molecule has 8 aromatic rings. The summed E-state index contributed by atoms with van der Waals surface area (Å²) in [5, 5.41) is 7.58. The molecule has 2 amide bonds. The first-order valence-electron chi connectivity index (χ1n) is 21.3. The van der Waals surface area contributed by atoms with Crippen molar-refractivity contribution in [2.45, 2.75) is 61.6 Å². The maximum absolute atomic E-state index is 11.7. The average molecular weight is 959 g/mol. The molecule has 14 nitrogen and oxygen atoms in total. The minimum Gasteiger partial charge on any atom is -0.489 e. The number of amides is 2. The van der Waals surface area contributed by atoms with E-state index in [2.05, 4.69) is 30.6 Å². The van der Waals surface area contributed by atoms with Gasteiger partial charge in [0.05, 0.1) is 54.0 Å². The first kappa shape index (κ1) is 39.8. The van der Waals surface area contributed by atoms with E-state index in [1.165, 1.54) is 0 Å². The Labute approximate surface area is 394 Å². The summed E-state index contributed by atoms with van der Waals surface area (Å²) in [6.45, 7) is 0. The van der Waals surface area contributed by atoms with E-state index in [9.17, 15) is 9.59 Å². The number of rotatable bonds is 6. The number of benzene rings is 4. The number of halogens is 4. The molecule has 0 spiro atoms. The molecule has 66 heavy (non-hydrogen) atoms. The van der Waals surface area contributed by atoms with Crippen LogP contribution in [-0.2, 0) is 22.4 Å². The lowest BCUT2D eigenvalue weighted by atomic mass is 10.1. The van der Waals surface area contributed by atoms with Crippen molar-refractivity contribution in [3.8, 4) is 34.5 Å². The number of imidazole rings is 2. The standard InChI is InChI=1S/2C24H16Cl2N4O3/c2*25-13-8-15-16(9-14(13)26)29-24(28-15)21-20-12-7-10(1-3-17(12)33-22(20)21)32-18-5-6-27-23-11(18)2-4-19(31)30-23/h2*1,3,5-9,20-22H,2,4H2,(H,28,29)(H,27,30,31)/t2*20-,21-,22-/m10/s1. The molecule has 8 heterocycles. The highest BCUT2D eigenvalue weighted by Gasteiger charge is 2.62. The Morgan fingerprint density at radius 3 is 1.42 bits per heavy atom. The summed E-state index contributed by atoms with van der Waals surface area (Å²) in [5.41, 5.74) is 7.33. The van der Waals surface area contributed by atoms with E-state index >= 15 is 0 Å². The van der Waals surface area contributed by atoms with Crippen LogP contribution in [-0.4, -0.2) is 53.9 Å².